The van der Waals surface area contributed by atoms with Gasteiger partial charge in [0.2, 0.25) is 0 Å². The van der Waals surface area contributed by atoms with Gasteiger partial charge in [-0.15, -0.1) is 0 Å². The van der Waals surface area contributed by atoms with Gasteiger partial charge < -0.3 is 20.8 Å². The highest BCUT2D eigenvalue weighted by atomic mass is 16.4. The first-order valence-electron chi connectivity index (χ1n) is 9.21. The van der Waals surface area contributed by atoms with Crippen LogP contribution >= 0.6 is 0 Å². The summed E-state index contributed by atoms with van der Waals surface area (Å²) in [5, 5.41) is 22.8. The quantitative estimate of drug-likeness (QED) is 0.402. The highest BCUT2D eigenvalue weighted by Gasteiger charge is 2.06. The molecule has 0 saturated heterocycles. The Bertz CT molecular complexity index is 784. The van der Waals surface area contributed by atoms with Gasteiger partial charge in [0.05, 0.1) is 6.54 Å². The third-order valence-electron chi connectivity index (χ3n) is 3.65. The molecule has 4 N–H and O–H groups in total. The van der Waals surface area contributed by atoms with E-state index in [9.17, 15) is 14.4 Å². The van der Waals surface area contributed by atoms with Crippen molar-refractivity contribution in [1.29, 1.82) is 0 Å². The number of aliphatic carboxylic acids is 2. The Labute approximate surface area is 168 Å². The van der Waals surface area contributed by atoms with E-state index in [1.54, 1.807) is 18.6 Å². The van der Waals surface area contributed by atoms with Crippen molar-refractivity contribution in [1.82, 2.24) is 19.9 Å². The van der Waals surface area contributed by atoms with Crippen LogP contribution in [0.2, 0.25) is 0 Å². The van der Waals surface area contributed by atoms with Crippen molar-refractivity contribution in [3.8, 4) is 0 Å². The van der Waals surface area contributed by atoms with E-state index >= 15 is 0 Å². The zero-order valence-corrected chi connectivity index (χ0v) is 16.4. The Balaban J connectivity index is 0.000000594. The van der Waals surface area contributed by atoms with Crippen LogP contribution in [0.3, 0.4) is 0 Å². The van der Waals surface area contributed by atoms with Gasteiger partial charge in [0.1, 0.15) is 5.82 Å². The van der Waals surface area contributed by atoms with Crippen molar-refractivity contribution in [2.75, 3.05) is 25.0 Å². The number of pyridine rings is 1. The van der Waals surface area contributed by atoms with Gasteiger partial charge in [-0.05, 0) is 31.9 Å². The number of nitrogens with one attached hydrogen (secondary N) is 2. The van der Waals surface area contributed by atoms with Gasteiger partial charge in [-0.25, -0.2) is 4.79 Å². The number of rotatable bonds is 11. The lowest BCUT2D eigenvalue weighted by molar-refractivity contribution is -0.137. The van der Waals surface area contributed by atoms with E-state index in [1.807, 2.05) is 25.1 Å². The summed E-state index contributed by atoms with van der Waals surface area (Å²) in [4.78, 5) is 40.4. The maximum Gasteiger partial charge on any atom is 0.349 e. The van der Waals surface area contributed by atoms with E-state index in [0.717, 1.165) is 5.56 Å². The molecule has 0 atom stereocenters. The van der Waals surface area contributed by atoms with E-state index < -0.39 is 17.6 Å². The summed E-state index contributed by atoms with van der Waals surface area (Å²) in [6, 6.07) is 5.72. The molecule has 0 radical (unpaired) electrons. The lowest BCUT2D eigenvalue weighted by atomic mass is 10.2. The Hall–Kier alpha value is -3.27. The molecule has 0 aromatic carbocycles. The highest BCUT2D eigenvalue weighted by Crippen LogP contribution is 2.07. The van der Waals surface area contributed by atoms with Crippen molar-refractivity contribution in [3.05, 3.63) is 52.8 Å². The van der Waals surface area contributed by atoms with Gasteiger partial charge in [0.15, 0.2) is 0 Å². The van der Waals surface area contributed by atoms with Crippen LogP contribution in [0.5, 0.6) is 0 Å². The normalized spacial score (nSPS) is 9.97. The number of carboxylic acids is 2. The molecule has 0 saturated carbocycles. The lowest BCUT2D eigenvalue weighted by Crippen LogP contribution is -2.29. The summed E-state index contributed by atoms with van der Waals surface area (Å²) in [7, 11) is 0. The number of carboxylic acid groups (broad SMARTS) is 2. The maximum absolute atomic E-state index is 11.9. The third-order valence-corrected chi connectivity index (χ3v) is 3.65. The Kier molecular flexibility index (Phi) is 11.3. The molecule has 2 heterocycles. The SMILES string of the molecule is Cc1cn(CCCCC(=O)O)c(=O)nc1NCCNCC(=O)O.c1ccncc1. The number of aryl methyl sites for hydroxylation is 2. The van der Waals surface area contributed by atoms with E-state index in [1.165, 1.54) is 4.57 Å². The molecule has 0 spiro atoms. The van der Waals surface area contributed by atoms with Crippen LogP contribution in [0.4, 0.5) is 5.82 Å². The van der Waals surface area contributed by atoms with Crippen LogP contribution in [0, 0.1) is 6.92 Å². The minimum Gasteiger partial charge on any atom is -0.481 e. The molecule has 10 nitrogen and oxygen atoms in total. The molecule has 0 bridgehead atoms. The molecule has 2 aromatic rings. The van der Waals surface area contributed by atoms with Gasteiger partial charge in [-0.1, -0.05) is 6.07 Å². The first-order chi connectivity index (χ1) is 13.9. The zero-order chi connectivity index (χ0) is 21.5. The Morgan fingerprint density at radius 2 is 1.79 bits per heavy atom. The second-order valence-electron chi connectivity index (χ2n) is 6.12. The number of carbonyl (C=O) groups is 2. The predicted octanol–water partition coefficient (Wildman–Crippen LogP) is 0.974. The third kappa shape index (κ3) is 11.2. The van der Waals surface area contributed by atoms with Gasteiger partial charge in [-0.2, -0.15) is 4.98 Å². The van der Waals surface area contributed by atoms with Crippen LogP contribution in [-0.4, -0.2) is 56.3 Å². The molecular weight excluding hydrogens is 378 g/mol. The fourth-order valence-electron chi connectivity index (χ4n) is 2.27. The van der Waals surface area contributed by atoms with Crippen LogP contribution < -0.4 is 16.3 Å². The standard InChI is InChI=1S/C14H22N4O5.C5H5N/c1-10-9-18(7-3-2-4-11(19)20)14(23)17-13(10)16-6-5-15-8-12(21)22;1-2-4-6-5-3-1/h9,15H,2-8H2,1H3,(H,19,20)(H,21,22)(H,16,17,23);1-5H. The van der Waals surface area contributed by atoms with Crippen LogP contribution in [0.1, 0.15) is 24.8 Å². The monoisotopic (exact) mass is 405 g/mol. The van der Waals surface area contributed by atoms with Crippen molar-refractivity contribution in [2.45, 2.75) is 32.7 Å². The molecule has 0 amide bonds. The molecule has 10 heteroatoms. The highest BCUT2D eigenvalue weighted by molar-refractivity contribution is 5.69. The van der Waals surface area contributed by atoms with Gasteiger partial charge in [0, 0.05) is 50.2 Å². The molecule has 0 aliphatic rings. The number of anilines is 1. The first-order valence-corrected chi connectivity index (χ1v) is 9.21. The van der Waals surface area contributed by atoms with Crippen molar-refractivity contribution < 1.29 is 19.8 Å². The molecule has 158 valence electrons. The molecular formula is C19H27N5O5. The number of unbranched alkanes of at least 4 members (excludes halogenated alkanes) is 1. The largest absolute Gasteiger partial charge is 0.481 e. The molecule has 0 aliphatic carbocycles. The fraction of sp³-hybridized carbons (Fsp3) is 0.421. The number of hydrogen-bond acceptors (Lipinski definition) is 7. The molecule has 2 aromatic heterocycles. The zero-order valence-electron chi connectivity index (χ0n) is 16.4. The molecule has 0 fully saturated rings. The summed E-state index contributed by atoms with van der Waals surface area (Å²) >= 11 is 0. The Morgan fingerprint density at radius 1 is 1.07 bits per heavy atom. The fourth-order valence-corrected chi connectivity index (χ4v) is 2.27. The van der Waals surface area contributed by atoms with Gasteiger partial charge in [0.25, 0.3) is 0 Å². The van der Waals surface area contributed by atoms with Gasteiger partial charge in [-0.3, -0.25) is 19.1 Å². The molecule has 29 heavy (non-hydrogen) atoms. The maximum atomic E-state index is 11.9. The second-order valence-corrected chi connectivity index (χ2v) is 6.12. The van der Waals surface area contributed by atoms with Gasteiger partial charge >= 0.3 is 17.6 Å². The predicted molar refractivity (Wildman–Crippen MR) is 108 cm³/mol. The number of hydrogen-bond donors (Lipinski definition) is 4. The van der Waals surface area contributed by atoms with Crippen molar-refractivity contribution >= 4 is 17.8 Å². The van der Waals surface area contributed by atoms with Crippen LogP contribution in [0.25, 0.3) is 0 Å². The minimum absolute atomic E-state index is 0.0874. The van der Waals surface area contributed by atoms with Crippen molar-refractivity contribution in [3.63, 3.8) is 0 Å². The second kappa shape index (κ2) is 13.8. The minimum atomic E-state index is -0.926. The van der Waals surface area contributed by atoms with Crippen LogP contribution in [-0.2, 0) is 16.1 Å². The summed E-state index contributed by atoms with van der Waals surface area (Å²) in [5.41, 5.74) is 0.396. The van der Waals surface area contributed by atoms with E-state index in [0.29, 0.717) is 38.3 Å². The van der Waals surface area contributed by atoms with Crippen LogP contribution in [0.15, 0.2) is 41.6 Å². The smallest absolute Gasteiger partial charge is 0.349 e. The van der Waals surface area contributed by atoms with E-state index in [2.05, 4.69) is 20.6 Å². The Morgan fingerprint density at radius 3 is 2.34 bits per heavy atom. The molecule has 0 aliphatic heterocycles. The summed E-state index contributed by atoms with van der Waals surface area (Å²) in [5.74, 6) is -1.30. The first kappa shape index (κ1) is 23.8. The number of aromatic nitrogens is 3. The van der Waals surface area contributed by atoms with E-state index in [4.69, 9.17) is 10.2 Å². The lowest BCUT2D eigenvalue weighted by Gasteiger charge is -2.11. The summed E-state index contributed by atoms with van der Waals surface area (Å²) in [6.45, 7) is 3.01. The summed E-state index contributed by atoms with van der Waals surface area (Å²) in [6.07, 6.45) is 6.38. The van der Waals surface area contributed by atoms with E-state index in [-0.39, 0.29) is 13.0 Å². The average Bonchev–Trinajstić information content (AvgIpc) is 2.69. The topological polar surface area (TPSA) is 146 Å². The van der Waals surface area contributed by atoms with Crippen molar-refractivity contribution in [2.24, 2.45) is 0 Å². The molecule has 0 unspecified atom stereocenters. The number of nitrogens with zero attached hydrogens (tertiary/aromatic N) is 3. The summed E-state index contributed by atoms with van der Waals surface area (Å²) < 4.78 is 1.46. The average molecular weight is 405 g/mol. The molecule has 2 rings (SSSR count).